The third-order valence-electron chi connectivity index (χ3n) is 1.90. The first-order valence-corrected chi connectivity index (χ1v) is 5.11. The summed E-state index contributed by atoms with van der Waals surface area (Å²) in [4.78, 5) is 0. The zero-order chi connectivity index (χ0) is 10.4. The Balaban J connectivity index is 2.45. The largest absolute Gasteiger partial charge is 0.492 e. The number of rotatable bonds is 5. The normalized spacial score (nSPS) is 10.2. The van der Waals surface area contributed by atoms with E-state index < -0.39 is 0 Å². The summed E-state index contributed by atoms with van der Waals surface area (Å²) in [6, 6.07) is 5.70. The molecule has 0 bridgehead atoms. The molecule has 0 aliphatic carbocycles. The molecule has 0 aromatic heterocycles. The van der Waals surface area contributed by atoms with Crippen LogP contribution in [0.5, 0.6) is 5.75 Å². The van der Waals surface area contributed by atoms with Crippen LogP contribution in [0.25, 0.3) is 0 Å². The van der Waals surface area contributed by atoms with Crippen LogP contribution < -0.4 is 4.74 Å². The average molecular weight is 215 g/mol. The van der Waals surface area contributed by atoms with Crippen molar-refractivity contribution < 1.29 is 9.84 Å². The van der Waals surface area contributed by atoms with Crippen LogP contribution in [0.3, 0.4) is 0 Å². The van der Waals surface area contributed by atoms with Gasteiger partial charge in [-0.15, -0.1) is 0 Å². The van der Waals surface area contributed by atoms with Crippen LogP contribution in [0, 0.1) is 6.92 Å². The smallest absolute Gasteiger partial charge is 0.138 e. The molecule has 0 saturated carbocycles. The summed E-state index contributed by atoms with van der Waals surface area (Å²) in [5.41, 5.74) is 1.13. The van der Waals surface area contributed by atoms with Crippen molar-refractivity contribution >= 4 is 11.6 Å². The minimum absolute atomic E-state index is 0.213. The molecule has 78 valence electrons. The number of hydrogen-bond donors (Lipinski definition) is 1. The Kier molecular flexibility index (Phi) is 4.77. The Morgan fingerprint density at radius 2 is 2.14 bits per heavy atom. The second-order valence-electron chi connectivity index (χ2n) is 3.21. The lowest BCUT2D eigenvalue weighted by Gasteiger charge is -2.07. The van der Waals surface area contributed by atoms with E-state index in [9.17, 15) is 0 Å². The zero-order valence-electron chi connectivity index (χ0n) is 8.29. The van der Waals surface area contributed by atoms with E-state index in [0.29, 0.717) is 11.6 Å². The monoisotopic (exact) mass is 214 g/mol. The summed E-state index contributed by atoms with van der Waals surface area (Å²) >= 11 is 5.93. The Hall–Kier alpha value is -0.730. The van der Waals surface area contributed by atoms with Crippen molar-refractivity contribution in [1.29, 1.82) is 0 Å². The van der Waals surface area contributed by atoms with Gasteiger partial charge >= 0.3 is 0 Å². The molecule has 1 aromatic rings. The highest BCUT2D eigenvalue weighted by Gasteiger charge is 2.00. The summed E-state index contributed by atoms with van der Waals surface area (Å²) in [5, 5.41) is 9.22. The highest BCUT2D eigenvalue weighted by molar-refractivity contribution is 6.32. The van der Waals surface area contributed by atoms with E-state index in [4.69, 9.17) is 21.4 Å². The maximum atomic E-state index is 8.58. The van der Waals surface area contributed by atoms with Gasteiger partial charge in [0.2, 0.25) is 0 Å². The van der Waals surface area contributed by atoms with Crippen LogP contribution in [0.2, 0.25) is 5.02 Å². The van der Waals surface area contributed by atoms with Gasteiger partial charge in [-0.1, -0.05) is 17.7 Å². The fraction of sp³-hybridized carbons (Fsp3) is 0.455. The molecule has 0 amide bonds. The van der Waals surface area contributed by atoms with E-state index in [0.717, 1.165) is 24.2 Å². The molecule has 0 aliphatic heterocycles. The number of aliphatic hydroxyl groups excluding tert-OH is 1. The number of hydrogen-bond acceptors (Lipinski definition) is 2. The van der Waals surface area contributed by atoms with Crippen LogP contribution in [0.1, 0.15) is 18.4 Å². The minimum atomic E-state index is 0.213. The van der Waals surface area contributed by atoms with Crippen molar-refractivity contribution in [3.63, 3.8) is 0 Å². The Morgan fingerprint density at radius 1 is 1.36 bits per heavy atom. The minimum Gasteiger partial charge on any atom is -0.492 e. The van der Waals surface area contributed by atoms with Gasteiger partial charge in [-0.25, -0.2) is 0 Å². The molecule has 0 spiro atoms. The molecule has 1 rings (SSSR count). The molecule has 0 atom stereocenters. The number of halogens is 1. The molecule has 0 fully saturated rings. The number of aryl methyl sites for hydroxylation is 1. The number of aliphatic hydroxyl groups is 1. The summed E-state index contributed by atoms with van der Waals surface area (Å²) in [5.74, 6) is 0.726. The highest BCUT2D eigenvalue weighted by Crippen LogP contribution is 2.25. The lowest BCUT2D eigenvalue weighted by Crippen LogP contribution is -1.99. The second kappa shape index (κ2) is 5.89. The van der Waals surface area contributed by atoms with Crippen molar-refractivity contribution in [2.45, 2.75) is 19.8 Å². The lowest BCUT2D eigenvalue weighted by atomic mass is 10.2. The van der Waals surface area contributed by atoms with Crippen LogP contribution in [-0.4, -0.2) is 18.3 Å². The highest BCUT2D eigenvalue weighted by atomic mass is 35.5. The summed E-state index contributed by atoms with van der Waals surface area (Å²) in [7, 11) is 0. The second-order valence-corrected chi connectivity index (χ2v) is 3.62. The van der Waals surface area contributed by atoms with Gasteiger partial charge in [0, 0.05) is 6.61 Å². The van der Waals surface area contributed by atoms with Gasteiger partial charge in [0.05, 0.1) is 11.6 Å². The van der Waals surface area contributed by atoms with Crippen molar-refractivity contribution in [3.8, 4) is 5.75 Å². The molecule has 0 saturated heterocycles. The van der Waals surface area contributed by atoms with Crippen molar-refractivity contribution in [2.75, 3.05) is 13.2 Å². The van der Waals surface area contributed by atoms with Crippen molar-refractivity contribution in [2.24, 2.45) is 0 Å². The summed E-state index contributed by atoms with van der Waals surface area (Å²) in [6.45, 7) is 2.81. The number of benzene rings is 1. The van der Waals surface area contributed by atoms with Gasteiger partial charge in [-0.3, -0.25) is 0 Å². The van der Waals surface area contributed by atoms with Gasteiger partial charge in [-0.2, -0.15) is 0 Å². The first kappa shape index (κ1) is 11.3. The van der Waals surface area contributed by atoms with E-state index in [1.807, 2.05) is 25.1 Å². The van der Waals surface area contributed by atoms with Crippen LogP contribution >= 0.6 is 11.6 Å². The molecule has 1 aromatic carbocycles. The first-order valence-electron chi connectivity index (χ1n) is 4.74. The third kappa shape index (κ3) is 3.56. The zero-order valence-corrected chi connectivity index (χ0v) is 9.05. The van der Waals surface area contributed by atoms with E-state index in [2.05, 4.69) is 0 Å². The van der Waals surface area contributed by atoms with E-state index in [-0.39, 0.29) is 6.61 Å². The molecule has 0 unspecified atom stereocenters. The van der Waals surface area contributed by atoms with Crippen molar-refractivity contribution in [3.05, 3.63) is 28.8 Å². The van der Waals surface area contributed by atoms with Gasteiger partial charge in [-0.05, 0) is 37.5 Å². The SMILES string of the molecule is Cc1ccc(Cl)c(OCCCCO)c1. The van der Waals surface area contributed by atoms with E-state index in [1.165, 1.54) is 0 Å². The Bertz CT molecular complexity index is 287. The van der Waals surface area contributed by atoms with Crippen LogP contribution in [0.15, 0.2) is 18.2 Å². The van der Waals surface area contributed by atoms with E-state index >= 15 is 0 Å². The van der Waals surface area contributed by atoms with Gasteiger partial charge < -0.3 is 9.84 Å². The molecular formula is C11H15ClO2. The average Bonchev–Trinajstić information content (AvgIpc) is 2.18. The fourth-order valence-electron chi connectivity index (χ4n) is 1.12. The fourth-order valence-corrected chi connectivity index (χ4v) is 1.29. The van der Waals surface area contributed by atoms with Gasteiger partial charge in [0.1, 0.15) is 5.75 Å². The topological polar surface area (TPSA) is 29.5 Å². The molecule has 14 heavy (non-hydrogen) atoms. The third-order valence-corrected chi connectivity index (χ3v) is 2.21. The standard InChI is InChI=1S/C11H15ClO2/c1-9-4-5-10(12)11(8-9)14-7-3-2-6-13/h4-5,8,13H,2-3,6-7H2,1H3. The molecule has 3 heteroatoms. The number of ether oxygens (including phenoxy) is 1. The van der Waals surface area contributed by atoms with E-state index in [1.54, 1.807) is 0 Å². The Morgan fingerprint density at radius 3 is 2.86 bits per heavy atom. The predicted molar refractivity (Wildman–Crippen MR) is 58.0 cm³/mol. The number of unbranched alkanes of at least 4 members (excludes halogenated alkanes) is 1. The maximum absolute atomic E-state index is 8.58. The molecule has 0 heterocycles. The summed E-state index contributed by atoms with van der Waals surface area (Å²) in [6.07, 6.45) is 1.62. The predicted octanol–water partition coefficient (Wildman–Crippen LogP) is 2.80. The Labute approximate surface area is 89.5 Å². The van der Waals surface area contributed by atoms with Gasteiger partial charge in [0.25, 0.3) is 0 Å². The molecular weight excluding hydrogens is 200 g/mol. The molecule has 1 N–H and O–H groups in total. The summed E-state index contributed by atoms with van der Waals surface area (Å²) < 4.78 is 5.48. The molecule has 0 aliphatic rings. The maximum Gasteiger partial charge on any atom is 0.138 e. The van der Waals surface area contributed by atoms with Crippen LogP contribution in [-0.2, 0) is 0 Å². The molecule has 0 radical (unpaired) electrons. The van der Waals surface area contributed by atoms with Crippen molar-refractivity contribution in [1.82, 2.24) is 0 Å². The molecule has 2 nitrogen and oxygen atoms in total. The lowest BCUT2D eigenvalue weighted by molar-refractivity contribution is 0.253. The van der Waals surface area contributed by atoms with Crippen LogP contribution in [0.4, 0.5) is 0 Å². The first-order chi connectivity index (χ1) is 6.74. The quantitative estimate of drug-likeness (QED) is 0.764. The van der Waals surface area contributed by atoms with Gasteiger partial charge in [0.15, 0.2) is 0 Å².